The van der Waals surface area contributed by atoms with Gasteiger partial charge in [-0.25, -0.2) is 9.97 Å². The van der Waals surface area contributed by atoms with E-state index in [-0.39, 0.29) is 6.10 Å². The summed E-state index contributed by atoms with van der Waals surface area (Å²) >= 11 is 0. The lowest BCUT2D eigenvalue weighted by Gasteiger charge is -2.32. The van der Waals surface area contributed by atoms with Gasteiger partial charge in [0.25, 0.3) is 0 Å². The van der Waals surface area contributed by atoms with Crippen LogP contribution in [0.2, 0.25) is 0 Å². The number of morpholine rings is 1. The third kappa shape index (κ3) is 3.70. The number of nitrogens with one attached hydrogen (secondary N) is 1. The number of nitrogens with zero attached hydrogens (tertiary/aromatic N) is 3. The zero-order valence-corrected chi connectivity index (χ0v) is 12.2. The van der Waals surface area contributed by atoms with Crippen LogP contribution >= 0.6 is 0 Å². The highest BCUT2D eigenvalue weighted by Gasteiger charge is 2.17. The summed E-state index contributed by atoms with van der Waals surface area (Å²) in [5.74, 6) is 1.90. The Kier molecular flexibility index (Phi) is 4.31. The minimum absolute atomic E-state index is 0.260. The quantitative estimate of drug-likeness (QED) is 0.933. The Hall–Kier alpha value is -2.14. The summed E-state index contributed by atoms with van der Waals surface area (Å²) in [4.78, 5) is 11.0. The first-order valence-corrected chi connectivity index (χ1v) is 7.27. The predicted octanol–water partition coefficient (Wildman–Crippen LogP) is 2.31. The van der Waals surface area contributed by atoms with Gasteiger partial charge in [-0.3, -0.25) is 0 Å². The molecule has 1 aliphatic rings. The van der Waals surface area contributed by atoms with Crippen LogP contribution in [0.4, 0.5) is 11.6 Å². The Morgan fingerprint density at radius 2 is 2.24 bits per heavy atom. The van der Waals surface area contributed by atoms with Crippen LogP contribution in [0.1, 0.15) is 12.5 Å². The lowest BCUT2D eigenvalue weighted by Crippen LogP contribution is -2.41. The van der Waals surface area contributed by atoms with E-state index in [0.29, 0.717) is 0 Å². The van der Waals surface area contributed by atoms with Crippen molar-refractivity contribution in [2.75, 3.05) is 29.9 Å². The van der Waals surface area contributed by atoms with Crippen molar-refractivity contribution >= 4 is 11.6 Å². The molecule has 21 heavy (non-hydrogen) atoms. The Morgan fingerprint density at radius 1 is 1.29 bits per heavy atom. The molecule has 0 saturated carbocycles. The Balaban J connectivity index is 1.65. The Labute approximate surface area is 125 Å². The summed E-state index contributed by atoms with van der Waals surface area (Å²) in [6.45, 7) is 5.39. The van der Waals surface area contributed by atoms with Crippen molar-refractivity contribution < 1.29 is 4.74 Å². The van der Waals surface area contributed by atoms with E-state index in [1.807, 2.05) is 30.5 Å². The molecule has 1 N–H and O–H groups in total. The Morgan fingerprint density at radius 3 is 3.05 bits per heavy atom. The smallest absolute Gasteiger partial charge is 0.128 e. The van der Waals surface area contributed by atoms with Crippen molar-refractivity contribution in [3.8, 4) is 0 Å². The average molecular weight is 284 g/mol. The normalized spacial score (nSPS) is 18.5. The molecule has 3 heterocycles. The van der Waals surface area contributed by atoms with E-state index >= 15 is 0 Å². The second-order valence-electron chi connectivity index (χ2n) is 5.22. The van der Waals surface area contributed by atoms with Gasteiger partial charge in [-0.15, -0.1) is 0 Å². The summed E-state index contributed by atoms with van der Waals surface area (Å²) in [6.07, 6.45) is 3.91. The third-order valence-corrected chi connectivity index (χ3v) is 3.51. The molecular weight excluding hydrogens is 264 g/mol. The minimum atomic E-state index is 0.260. The average Bonchev–Trinajstić information content (AvgIpc) is 2.54. The topological polar surface area (TPSA) is 50.3 Å². The van der Waals surface area contributed by atoms with Crippen molar-refractivity contribution in [3.05, 3.63) is 48.3 Å². The van der Waals surface area contributed by atoms with Crippen molar-refractivity contribution in [2.24, 2.45) is 0 Å². The van der Waals surface area contributed by atoms with Crippen LogP contribution in [0.5, 0.6) is 0 Å². The van der Waals surface area contributed by atoms with E-state index in [2.05, 4.69) is 33.2 Å². The van der Waals surface area contributed by atoms with Gasteiger partial charge in [-0.05, 0) is 36.8 Å². The van der Waals surface area contributed by atoms with Gasteiger partial charge in [-0.2, -0.15) is 0 Å². The molecule has 1 atom stereocenters. The van der Waals surface area contributed by atoms with Crippen molar-refractivity contribution in [1.82, 2.24) is 9.97 Å². The summed E-state index contributed by atoms with van der Waals surface area (Å²) in [5, 5.41) is 3.32. The van der Waals surface area contributed by atoms with Gasteiger partial charge in [0.1, 0.15) is 11.6 Å². The van der Waals surface area contributed by atoms with E-state index < -0.39 is 0 Å². The molecule has 1 saturated heterocycles. The van der Waals surface area contributed by atoms with Gasteiger partial charge in [0.15, 0.2) is 0 Å². The zero-order valence-electron chi connectivity index (χ0n) is 12.2. The highest BCUT2D eigenvalue weighted by molar-refractivity contribution is 5.43. The molecule has 2 aromatic heterocycles. The van der Waals surface area contributed by atoms with E-state index in [1.54, 1.807) is 6.20 Å². The first-order chi connectivity index (χ1) is 10.3. The molecule has 0 aromatic carbocycles. The second kappa shape index (κ2) is 6.54. The molecule has 0 aliphatic carbocycles. The number of aromatic nitrogens is 2. The van der Waals surface area contributed by atoms with E-state index in [0.717, 1.165) is 37.9 Å². The summed E-state index contributed by atoms with van der Waals surface area (Å²) in [7, 11) is 0. The SMILES string of the molecule is C[C@H]1CN(c2cc(CNc3ccccn3)ccn2)CCO1. The monoisotopic (exact) mass is 284 g/mol. The second-order valence-corrected chi connectivity index (χ2v) is 5.22. The molecule has 0 spiro atoms. The van der Waals surface area contributed by atoms with Crippen LogP contribution in [0, 0.1) is 0 Å². The predicted molar refractivity (Wildman–Crippen MR) is 83.4 cm³/mol. The zero-order chi connectivity index (χ0) is 14.5. The minimum Gasteiger partial charge on any atom is -0.375 e. The molecule has 2 aromatic rings. The molecule has 3 rings (SSSR count). The number of pyridine rings is 2. The molecule has 1 fully saturated rings. The fraction of sp³-hybridized carbons (Fsp3) is 0.375. The van der Waals surface area contributed by atoms with E-state index in [1.165, 1.54) is 5.56 Å². The van der Waals surface area contributed by atoms with Gasteiger partial charge < -0.3 is 15.0 Å². The molecule has 110 valence electrons. The molecule has 0 unspecified atom stereocenters. The molecule has 0 amide bonds. The molecule has 1 aliphatic heterocycles. The lowest BCUT2D eigenvalue weighted by atomic mass is 10.2. The summed E-state index contributed by atoms with van der Waals surface area (Å²) in [5.41, 5.74) is 1.20. The summed E-state index contributed by atoms with van der Waals surface area (Å²) < 4.78 is 5.58. The van der Waals surface area contributed by atoms with Crippen molar-refractivity contribution in [1.29, 1.82) is 0 Å². The number of ether oxygens (including phenoxy) is 1. The molecule has 5 heteroatoms. The van der Waals surface area contributed by atoms with Crippen molar-refractivity contribution in [2.45, 2.75) is 19.6 Å². The van der Waals surface area contributed by atoms with Gasteiger partial charge in [0, 0.05) is 32.0 Å². The Bertz CT molecular complexity index is 575. The van der Waals surface area contributed by atoms with Crippen LogP contribution < -0.4 is 10.2 Å². The first kappa shape index (κ1) is 13.8. The van der Waals surface area contributed by atoms with Crippen LogP contribution in [0.15, 0.2) is 42.7 Å². The largest absolute Gasteiger partial charge is 0.375 e. The van der Waals surface area contributed by atoms with Crippen LogP contribution in [0.25, 0.3) is 0 Å². The van der Waals surface area contributed by atoms with Gasteiger partial charge >= 0.3 is 0 Å². The number of rotatable bonds is 4. The maximum absolute atomic E-state index is 5.58. The number of hydrogen-bond acceptors (Lipinski definition) is 5. The summed E-state index contributed by atoms with van der Waals surface area (Å²) in [6, 6.07) is 10.0. The first-order valence-electron chi connectivity index (χ1n) is 7.27. The van der Waals surface area contributed by atoms with Crippen LogP contribution in [0.3, 0.4) is 0 Å². The lowest BCUT2D eigenvalue weighted by molar-refractivity contribution is 0.0529. The fourth-order valence-corrected chi connectivity index (χ4v) is 2.43. The maximum atomic E-state index is 5.58. The van der Waals surface area contributed by atoms with Gasteiger partial charge in [0.2, 0.25) is 0 Å². The fourth-order valence-electron chi connectivity index (χ4n) is 2.43. The standard InChI is InChI=1S/C16H20N4O/c1-13-12-20(8-9-21-13)16-10-14(5-7-18-16)11-19-15-4-2-3-6-17-15/h2-7,10,13H,8-9,11-12H2,1H3,(H,17,19)/t13-/m0/s1. The van der Waals surface area contributed by atoms with Crippen LogP contribution in [-0.4, -0.2) is 35.8 Å². The third-order valence-electron chi connectivity index (χ3n) is 3.51. The highest BCUT2D eigenvalue weighted by atomic mass is 16.5. The van der Waals surface area contributed by atoms with Gasteiger partial charge in [-0.1, -0.05) is 6.07 Å². The highest BCUT2D eigenvalue weighted by Crippen LogP contribution is 2.17. The molecule has 5 nitrogen and oxygen atoms in total. The maximum Gasteiger partial charge on any atom is 0.128 e. The van der Waals surface area contributed by atoms with E-state index in [9.17, 15) is 0 Å². The molecule has 0 bridgehead atoms. The molecule has 0 radical (unpaired) electrons. The number of anilines is 2. The van der Waals surface area contributed by atoms with Crippen LogP contribution in [-0.2, 0) is 11.3 Å². The van der Waals surface area contributed by atoms with E-state index in [4.69, 9.17) is 4.74 Å². The molecular formula is C16H20N4O. The van der Waals surface area contributed by atoms with Gasteiger partial charge in [0.05, 0.1) is 12.7 Å². The number of hydrogen-bond donors (Lipinski definition) is 1. The van der Waals surface area contributed by atoms with Crippen molar-refractivity contribution in [3.63, 3.8) is 0 Å².